The molecule has 1 N–H and O–H groups in total. The summed E-state index contributed by atoms with van der Waals surface area (Å²) in [7, 11) is 0. The van der Waals surface area contributed by atoms with Gasteiger partial charge in [0.15, 0.2) is 12.6 Å². The average Bonchev–Trinajstić information content (AvgIpc) is 2.32. The molecule has 0 spiro atoms. The minimum absolute atomic E-state index is 0.134. The highest BCUT2D eigenvalue weighted by atomic mass is 16.9. The van der Waals surface area contributed by atoms with E-state index in [-0.39, 0.29) is 18.1 Å². The Labute approximate surface area is 103 Å². The number of H-pyrrole nitrogens is 1. The van der Waals surface area contributed by atoms with Gasteiger partial charge in [-0.25, -0.2) is 0 Å². The van der Waals surface area contributed by atoms with Crippen molar-refractivity contribution in [3.05, 3.63) is 46.4 Å². The van der Waals surface area contributed by atoms with Crippen molar-refractivity contribution < 1.29 is 9.47 Å². The van der Waals surface area contributed by atoms with E-state index < -0.39 is 0 Å². The second-order valence-electron chi connectivity index (χ2n) is 4.09. The number of nitrogens with zero attached hydrogens (tertiary/aromatic N) is 1. The van der Waals surface area contributed by atoms with E-state index in [0.717, 1.165) is 11.1 Å². The molecule has 0 radical (unpaired) electrons. The Morgan fingerprint density at radius 2 is 2.22 bits per heavy atom. The SMILES string of the molecule is CC1OC(/C=C/c2cnc3ccc(=O)[nH]c3c2)O1. The highest BCUT2D eigenvalue weighted by molar-refractivity contribution is 5.76. The van der Waals surface area contributed by atoms with Crippen LogP contribution in [0.15, 0.2) is 35.3 Å². The molecule has 1 saturated heterocycles. The van der Waals surface area contributed by atoms with Gasteiger partial charge in [-0.2, -0.15) is 0 Å². The number of hydrogen-bond acceptors (Lipinski definition) is 4. The van der Waals surface area contributed by atoms with Crippen molar-refractivity contribution in [3.8, 4) is 0 Å². The maximum absolute atomic E-state index is 11.2. The number of rotatable bonds is 2. The number of aromatic amines is 1. The smallest absolute Gasteiger partial charge is 0.248 e. The molecule has 3 rings (SSSR count). The van der Waals surface area contributed by atoms with Crippen LogP contribution in [0, 0.1) is 0 Å². The van der Waals surface area contributed by atoms with Crippen molar-refractivity contribution >= 4 is 17.1 Å². The molecule has 0 aromatic carbocycles. The van der Waals surface area contributed by atoms with Gasteiger partial charge >= 0.3 is 0 Å². The lowest BCUT2D eigenvalue weighted by atomic mass is 10.2. The van der Waals surface area contributed by atoms with Crippen molar-refractivity contribution in [2.75, 3.05) is 0 Å². The third-order valence-corrected chi connectivity index (χ3v) is 2.69. The summed E-state index contributed by atoms with van der Waals surface area (Å²) in [4.78, 5) is 18.2. The van der Waals surface area contributed by atoms with E-state index in [4.69, 9.17) is 9.47 Å². The van der Waals surface area contributed by atoms with Gasteiger partial charge in [-0.15, -0.1) is 0 Å². The molecule has 1 aliphatic heterocycles. The van der Waals surface area contributed by atoms with Crippen LogP contribution >= 0.6 is 0 Å². The molecule has 0 saturated carbocycles. The van der Waals surface area contributed by atoms with Crippen LogP contribution in [0.3, 0.4) is 0 Å². The zero-order valence-electron chi connectivity index (χ0n) is 9.79. The first-order chi connectivity index (χ1) is 8.70. The first-order valence-electron chi connectivity index (χ1n) is 5.69. The summed E-state index contributed by atoms with van der Waals surface area (Å²) in [5.74, 6) is 0. The molecule has 1 aliphatic rings. The largest absolute Gasteiger partial charge is 0.321 e. The van der Waals surface area contributed by atoms with Crippen LogP contribution in [0.4, 0.5) is 0 Å². The number of nitrogens with one attached hydrogen (secondary N) is 1. The molecule has 1 fully saturated rings. The van der Waals surface area contributed by atoms with E-state index in [9.17, 15) is 4.79 Å². The Bertz CT molecular complexity index is 657. The minimum Gasteiger partial charge on any atom is -0.321 e. The summed E-state index contributed by atoms with van der Waals surface area (Å²) in [6.45, 7) is 1.84. The topological polar surface area (TPSA) is 64.2 Å². The Morgan fingerprint density at radius 3 is 3.00 bits per heavy atom. The Morgan fingerprint density at radius 1 is 1.39 bits per heavy atom. The summed E-state index contributed by atoms with van der Waals surface area (Å²) in [6.07, 6.45) is 4.98. The molecule has 0 unspecified atom stereocenters. The fourth-order valence-electron chi connectivity index (χ4n) is 1.81. The van der Waals surface area contributed by atoms with Crippen molar-refractivity contribution in [3.63, 3.8) is 0 Å². The predicted molar refractivity (Wildman–Crippen MR) is 66.8 cm³/mol. The van der Waals surface area contributed by atoms with E-state index >= 15 is 0 Å². The molecule has 2 aromatic heterocycles. The molecule has 0 amide bonds. The second kappa shape index (κ2) is 4.36. The summed E-state index contributed by atoms with van der Waals surface area (Å²) in [5, 5.41) is 0. The van der Waals surface area contributed by atoms with Crippen molar-refractivity contribution in [2.45, 2.75) is 19.5 Å². The average molecular weight is 244 g/mol. The quantitative estimate of drug-likeness (QED) is 0.872. The number of hydrogen-bond donors (Lipinski definition) is 1. The first-order valence-corrected chi connectivity index (χ1v) is 5.69. The second-order valence-corrected chi connectivity index (χ2v) is 4.09. The van der Waals surface area contributed by atoms with E-state index in [1.165, 1.54) is 6.07 Å². The lowest BCUT2D eigenvalue weighted by molar-refractivity contribution is -0.354. The molecule has 3 heterocycles. The fourth-order valence-corrected chi connectivity index (χ4v) is 1.81. The lowest BCUT2D eigenvalue weighted by Gasteiger charge is -2.31. The lowest BCUT2D eigenvalue weighted by Crippen LogP contribution is -2.36. The Balaban J connectivity index is 1.86. The van der Waals surface area contributed by atoms with Crippen molar-refractivity contribution in [1.82, 2.24) is 9.97 Å². The van der Waals surface area contributed by atoms with Crippen LogP contribution in [0.1, 0.15) is 12.5 Å². The normalized spacial score (nSPS) is 23.4. The molecular weight excluding hydrogens is 232 g/mol. The molecule has 5 heteroatoms. The van der Waals surface area contributed by atoms with Gasteiger partial charge in [0.2, 0.25) is 5.56 Å². The summed E-state index contributed by atoms with van der Waals surface area (Å²) in [5.41, 5.74) is 2.23. The fraction of sp³-hybridized carbons (Fsp3) is 0.231. The number of pyridine rings is 2. The molecule has 0 aliphatic carbocycles. The van der Waals surface area contributed by atoms with Gasteiger partial charge in [-0.1, -0.05) is 6.08 Å². The summed E-state index contributed by atoms with van der Waals surface area (Å²) < 4.78 is 10.6. The Kier molecular flexibility index (Phi) is 2.70. The standard InChI is InChI=1S/C13H12N2O3/c1-8-17-13(18-8)5-2-9-6-11-10(14-7-9)3-4-12(16)15-11/h2-8,13H,1H3,(H,15,16)/b5-2+. The van der Waals surface area contributed by atoms with Crippen molar-refractivity contribution in [2.24, 2.45) is 0 Å². The van der Waals surface area contributed by atoms with Gasteiger partial charge < -0.3 is 14.5 Å². The van der Waals surface area contributed by atoms with E-state index in [1.54, 1.807) is 12.3 Å². The predicted octanol–water partition coefficient (Wildman–Crippen LogP) is 1.66. The molecule has 2 aromatic rings. The zero-order valence-corrected chi connectivity index (χ0v) is 9.79. The third kappa shape index (κ3) is 2.18. The maximum Gasteiger partial charge on any atom is 0.248 e. The number of ether oxygens (including phenoxy) is 2. The molecule has 0 atom stereocenters. The summed E-state index contributed by atoms with van der Waals surface area (Å²) in [6, 6.07) is 5.02. The Hall–Kier alpha value is -1.98. The number of aromatic nitrogens is 2. The highest BCUT2D eigenvalue weighted by Gasteiger charge is 2.23. The molecule has 18 heavy (non-hydrogen) atoms. The molecular formula is C13H12N2O3. The van der Waals surface area contributed by atoms with Crippen LogP contribution in [-0.2, 0) is 9.47 Å². The maximum atomic E-state index is 11.2. The zero-order chi connectivity index (χ0) is 12.5. The van der Waals surface area contributed by atoms with Crippen molar-refractivity contribution in [1.29, 1.82) is 0 Å². The highest BCUT2D eigenvalue weighted by Crippen LogP contribution is 2.18. The van der Waals surface area contributed by atoms with E-state index in [2.05, 4.69) is 9.97 Å². The molecule has 0 bridgehead atoms. The minimum atomic E-state index is -0.287. The monoisotopic (exact) mass is 244 g/mol. The van der Waals surface area contributed by atoms with E-state index in [0.29, 0.717) is 5.52 Å². The van der Waals surface area contributed by atoms with Gasteiger partial charge in [0.25, 0.3) is 0 Å². The van der Waals surface area contributed by atoms with Gasteiger partial charge in [0, 0.05) is 12.3 Å². The van der Waals surface area contributed by atoms with Crippen LogP contribution in [0.25, 0.3) is 17.1 Å². The van der Waals surface area contributed by atoms with Crippen LogP contribution in [0.5, 0.6) is 0 Å². The molecule has 5 nitrogen and oxygen atoms in total. The van der Waals surface area contributed by atoms with Gasteiger partial charge in [-0.3, -0.25) is 9.78 Å². The molecule has 92 valence electrons. The first kappa shape index (κ1) is 11.1. The van der Waals surface area contributed by atoms with Crippen LogP contribution < -0.4 is 5.56 Å². The van der Waals surface area contributed by atoms with Gasteiger partial charge in [0.1, 0.15) is 0 Å². The van der Waals surface area contributed by atoms with Gasteiger partial charge in [-0.05, 0) is 30.7 Å². The van der Waals surface area contributed by atoms with Crippen LogP contribution in [-0.4, -0.2) is 22.5 Å². The van der Waals surface area contributed by atoms with Gasteiger partial charge in [0.05, 0.1) is 11.0 Å². The van der Waals surface area contributed by atoms with Crippen LogP contribution in [0.2, 0.25) is 0 Å². The third-order valence-electron chi connectivity index (χ3n) is 2.69. The summed E-state index contributed by atoms with van der Waals surface area (Å²) >= 11 is 0. The van der Waals surface area contributed by atoms with E-state index in [1.807, 2.05) is 25.1 Å². The number of fused-ring (bicyclic) bond motifs is 1.